The molecule has 0 spiro atoms. The molecule has 0 aliphatic heterocycles. The van der Waals surface area contributed by atoms with Crippen LogP contribution in [-0.2, 0) is 0 Å². The van der Waals surface area contributed by atoms with Crippen molar-refractivity contribution in [2.75, 3.05) is 0 Å². The highest BCUT2D eigenvalue weighted by Gasteiger charge is 1.99. The van der Waals surface area contributed by atoms with Crippen LogP contribution in [0.15, 0.2) is 0 Å². The van der Waals surface area contributed by atoms with Gasteiger partial charge in [-0.15, -0.1) is 5.10 Å². The highest BCUT2D eigenvalue weighted by Crippen LogP contribution is 2.01. The summed E-state index contributed by atoms with van der Waals surface area (Å²) in [7, 11) is 0. The van der Waals surface area contributed by atoms with Crippen LogP contribution < -0.4 is 0 Å². The Kier molecular flexibility index (Phi) is 1.77. The van der Waals surface area contributed by atoms with Gasteiger partial charge in [-0.2, -0.15) is 0 Å². The summed E-state index contributed by atoms with van der Waals surface area (Å²) < 4.78 is 0. The number of aromatic nitrogens is 4. The molecule has 0 atom stereocenters. The molecule has 1 rings (SSSR count). The highest BCUT2D eigenvalue weighted by atomic mass is 15.5. The van der Waals surface area contributed by atoms with Crippen LogP contribution in [0.25, 0.3) is 0 Å². The third-order valence-electron chi connectivity index (χ3n) is 0.853. The lowest BCUT2D eigenvalue weighted by Gasteiger charge is -1.95. The Hall–Kier alpha value is -0.930. The van der Waals surface area contributed by atoms with Crippen LogP contribution in [0.1, 0.15) is 19.7 Å². The number of nitrogens with one attached hydrogen (secondary N) is 1. The van der Waals surface area contributed by atoms with E-state index in [9.17, 15) is 0 Å². The quantitative estimate of drug-likeness (QED) is 0.622. The van der Waals surface area contributed by atoms with E-state index in [4.69, 9.17) is 0 Å². The Labute approximate surface area is 53.7 Å². The van der Waals surface area contributed by atoms with Crippen LogP contribution in [0.4, 0.5) is 0 Å². The first-order valence-corrected chi connectivity index (χ1v) is 2.87. The molecule has 1 N–H and O–H groups in total. The minimum absolute atomic E-state index is 0.486. The van der Waals surface area contributed by atoms with Crippen molar-refractivity contribution in [3.63, 3.8) is 0 Å². The molecular formula is C5H9N4. The molecule has 0 aliphatic carbocycles. The maximum atomic E-state index is 3.68. The van der Waals surface area contributed by atoms with Crippen LogP contribution in [0.5, 0.6) is 0 Å². The van der Waals surface area contributed by atoms with E-state index < -0.39 is 0 Å². The Morgan fingerprint density at radius 3 is 2.78 bits per heavy atom. The molecule has 1 aromatic rings. The van der Waals surface area contributed by atoms with E-state index in [2.05, 4.69) is 34.5 Å². The SMILES string of the molecule is CC(C)[CH]c1nnn[nH]1. The predicted octanol–water partition coefficient (Wildman–Crippen LogP) is 0.408. The molecule has 1 heterocycles. The first kappa shape index (κ1) is 6.19. The molecule has 0 amide bonds. The number of aromatic amines is 1. The molecule has 4 heteroatoms. The normalized spacial score (nSPS) is 10.6. The lowest BCUT2D eigenvalue weighted by atomic mass is 10.1. The fraction of sp³-hybridized carbons (Fsp3) is 0.600. The molecule has 0 fully saturated rings. The van der Waals surface area contributed by atoms with Crippen molar-refractivity contribution in [1.29, 1.82) is 0 Å². The molecular weight excluding hydrogens is 116 g/mol. The fourth-order valence-electron chi connectivity index (χ4n) is 0.553. The van der Waals surface area contributed by atoms with Crippen LogP contribution in [0.3, 0.4) is 0 Å². The maximum absolute atomic E-state index is 3.68. The molecule has 4 nitrogen and oxygen atoms in total. The minimum atomic E-state index is 0.486. The lowest BCUT2D eigenvalue weighted by molar-refractivity contribution is 0.755. The number of tetrazole rings is 1. The fourth-order valence-corrected chi connectivity index (χ4v) is 0.553. The van der Waals surface area contributed by atoms with E-state index in [1.54, 1.807) is 0 Å². The molecule has 0 unspecified atom stereocenters. The van der Waals surface area contributed by atoms with Gasteiger partial charge in [-0.05, 0) is 16.3 Å². The van der Waals surface area contributed by atoms with Gasteiger partial charge >= 0.3 is 0 Å². The van der Waals surface area contributed by atoms with Crippen LogP contribution in [0.2, 0.25) is 0 Å². The monoisotopic (exact) mass is 125 g/mol. The summed E-state index contributed by atoms with van der Waals surface area (Å²) in [5.41, 5.74) is 0. The van der Waals surface area contributed by atoms with Crippen molar-refractivity contribution < 1.29 is 0 Å². The predicted molar refractivity (Wildman–Crippen MR) is 32.4 cm³/mol. The van der Waals surface area contributed by atoms with Crippen LogP contribution in [-0.4, -0.2) is 20.6 Å². The molecule has 9 heavy (non-hydrogen) atoms. The van der Waals surface area contributed by atoms with Gasteiger partial charge in [0.1, 0.15) is 0 Å². The zero-order valence-corrected chi connectivity index (χ0v) is 5.50. The summed E-state index contributed by atoms with van der Waals surface area (Å²) in [6.07, 6.45) is 1.96. The van der Waals surface area contributed by atoms with Crippen molar-refractivity contribution in [3.05, 3.63) is 12.2 Å². The van der Waals surface area contributed by atoms with Crippen molar-refractivity contribution in [2.45, 2.75) is 13.8 Å². The Morgan fingerprint density at radius 1 is 1.56 bits per heavy atom. The molecule has 0 saturated heterocycles. The standard InChI is InChI=1S/C5H9N4/c1-4(2)3-5-6-8-9-7-5/h3-4H,1-2H3,(H,6,7,8,9). The zero-order chi connectivity index (χ0) is 6.69. The number of H-pyrrole nitrogens is 1. The van der Waals surface area contributed by atoms with E-state index in [1.807, 2.05) is 6.42 Å². The van der Waals surface area contributed by atoms with Crippen molar-refractivity contribution in [2.24, 2.45) is 5.92 Å². The number of rotatable bonds is 2. The summed E-state index contributed by atoms with van der Waals surface area (Å²) in [6, 6.07) is 0. The number of hydrogen-bond acceptors (Lipinski definition) is 3. The van der Waals surface area contributed by atoms with E-state index in [0.29, 0.717) is 5.92 Å². The van der Waals surface area contributed by atoms with Crippen molar-refractivity contribution in [3.8, 4) is 0 Å². The first-order valence-electron chi connectivity index (χ1n) is 2.87. The van der Waals surface area contributed by atoms with Gasteiger partial charge in [0.05, 0.1) is 0 Å². The summed E-state index contributed by atoms with van der Waals surface area (Å²) in [6.45, 7) is 4.14. The molecule has 0 aromatic carbocycles. The molecule has 1 radical (unpaired) electrons. The summed E-state index contributed by atoms with van der Waals surface area (Å²) in [4.78, 5) is 0. The second kappa shape index (κ2) is 2.57. The Bertz CT molecular complexity index is 155. The molecule has 1 aromatic heterocycles. The first-order chi connectivity index (χ1) is 4.29. The molecule has 0 bridgehead atoms. The maximum Gasteiger partial charge on any atom is 0.152 e. The smallest absolute Gasteiger partial charge is 0.152 e. The van der Waals surface area contributed by atoms with Gasteiger partial charge in [0.2, 0.25) is 0 Å². The van der Waals surface area contributed by atoms with E-state index >= 15 is 0 Å². The van der Waals surface area contributed by atoms with Gasteiger partial charge in [0, 0.05) is 6.42 Å². The topological polar surface area (TPSA) is 54.5 Å². The lowest BCUT2D eigenvalue weighted by Crippen LogP contribution is -1.92. The number of nitrogens with zero attached hydrogens (tertiary/aromatic N) is 3. The number of hydrogen-bond donors (Lipinski definition) is 1. The summed E-state index contributed by atoms with van der Waals surface area (Å²) in [5.74, 6) is 1.23. The van der Waals surface area contributed by atoms with Gasteiger partial charge in [0.25, 0.3) is 0 Å². The summed E-state index contributed by atoms with van der Waals surface area (Å²) in [5, 5.41) is 13.2. The van der Waals surface area contributed by atoms with E-state index in [1.165, 1.54) is 0 Å². The Morgan fingerprint density at radius 2 is 2.33 bits per heavy atom. The average Bonchev–Trinajstić information content (AvgIpc) is 2.15. The van der Waals surface area contributed by atoms with Gasteiger partial charge < -0.3 is 0 Å². The zero-order valence-electron chi connectivity index (χ0n) is 5.50. The second-order valence-corrected chi connectivity index (χ2v) is 2.20. The Balaban J connectivity index is 2.48. The van der Waals surface area contributed by atoms with Crippen molar-refractivity contribution in [1.82, 2.24) is 20.6 Å². The minimum Gasteiger partial charge on any atom is -0.243 e. The van der Waals surface area contributed by atoms with Gasteiger partial charge in [0.15, 0.2) is 5.82 Å². The van der Waals surface area contributed by atoms with E-state index in [-0.39, 0.29) is 0 Å². The summed E-state index contributed by atoms with van der Waals surface area (Å²) >= 11 is 0. The third-order valence-corrected chi connectivity index (χ3v) is 0.853. The van der Waals surface area contributed by atoms with Crippen LogP contribution in [0, 0.1) is 12.3 Å². The van der Waals surface area contributed by atoms with Crippen LogP contribution >= 0.6 is 0 Å². The average molecular weight is 125 g/mol. The van der Waals surface area contributed by atoms with Gasteiger partial charge in [-0.25, -0.2) is 5.10 Å². The third kappa shape index (κ3) is 1.79. The molecule has 49 valence electrons. The van der Waals surface area contributed by atoms with Crippen molar-refractivity contribution >= 4 is 0 Å². The van der Waals surface area contributed by atoms with Gasteiger partial charge in [-0.1, -0.05) is 13.8 Å². The second-order valence-electron chi connectivity index (χ2n) is 2.20. The largest absolute Gasteiger partial charge is 0.243 e. The van der Waals surface area contributed by atoms with E-state index in [0.717, 1.165) is 5.82 Å². The van der Waals surface area contributed by atoms with Gasteiger partial charge in [-0.3, -0.25) is 0 Å². The molecule has 0 saturated carbocycles. The molecule has 0 aliphatic rings. The highest BCUT2D eigenvalue weighted by molar-refractivity contribution is 4.96.